The molecule has 19 heavy (non-hydrogen) atoms. The quantitative estimate of drug-likeness (QED) is 0.411. The van der Waals surface area contributed by atoms with E-state index in [0.29, 0.717) is 43.6 Å². The van der Waals surface area contributed by atoms with Crippen LogP contribution < -0.4 is 4.74 Å². The van der Waals surface area contributed by atoms with Crippen molar-refractivity contribution < 1.29 is 19.1 Å². The van der Waals surface area contributed by atoms with E-state index < -0.39 is 0 Å². The molecular weight excluding hydrogens is 244 g/mol. The first-order valence-electron chi connectivity index (χ1n) is 6.50. The lowest BCUT2D eigenvalue weighted by atomic mass is 10.0. The summed E-state index contributed by atoms with van der Waals surface area (Å²) >= 11 is 0. The molecule has 0 saturated heterocycles. The number of carbonyl (C=O) groups is 2. The van der Waals surface area contributed by atoms with E-state index in [1.54, 1.807) is 38.3 Å². The number of hydrogen-bond acceptors (Lipinski definition) is 4. The highest BCUT2D eigenvalue weighted by atomic mass is 16.5. The van der Waals surface area contributed by atoms with E-state index >= 15 is 0 Å². The monoisotopic (exact) mass is 264 g/mol. The Bertz CT molecular complexity index is 426. The maximum atomic E-state index is 11.9. The third-order valence-electron chi connectivity index (χ3n) is 2.73. The van der Waals surface area contributed by atoms with Gasteiger partial charge in [-0.05, 0) is 31.9 Å². The van der Waals surface area contributed by atoms with Crippen LogP contribution in [0.25, 0.3) is 0 Å². The third kappa shape index (κ3) is 5.55. The number of unbranched alkanes of at least 4 members (excludes halogenated alkanes) is 1. The summed E-state index contributed by atoms with van der Waals surface area (Å²) in [5.74, 6) is 0.552. The lowest BCUT2D eigenvalue weighted by Crippen LogP contribution is -2.04. The van der Waals surface area contributed by atoms with Crippen molar-refractivity contribution in [2.75, 3.05) is 13.7 Å². The molecule has 1 aromatic rings. The topological polar surface area (TPSA) is 52.6 Å². The number of methoxy groups -OCH3 is 1. The van der Waals surface area contributed by atoms with Crippen molar-refractivity contribution in [1.29, 1.82) is 0 Å². The zero-order valence-corrected chi connectivity index (χ0v) is 11.5. The molecule has 0 aliphatic heterocycles. The summed E-state index contributed by atoms with van der Waals surface area (Å²) in [5.41, 5.74) is 0.649. The second-order valence-electron chi connectivity index (χ2n) is 4.17. The second kappa shape index (κ2) is 8.29. The fourth-order valence-electron chi connectivity index (χ4n) is 1.73. The molecule has 4 nitrogen and oxygen atoms in total. The minimum absolute atomic E-state index is 0.0720. The van der Waals surface area contributed by atoms with Gasteiger partial charge in [-0.25, -0.2) is 0 Å². The standard InChI is InChI=1S/C15H20O4/c1-3-19-15(17)10-5-4-9-14(16)12-7-6-8-13(11-12)18-2/h6-8,11H,3-5,9-10H2,1-2H3. The minimum Gasteiger partial charge on any atom is -0.497 e. The van der Waals surface area contributed by atoms with Gasteiger partial charge in [0.25, 0.3) is 0 Å². The fraction of sp³-hybridized carbons (Fsp3) is 0.467. The maximum absolute atomic E-state index is 11.9. The molecule has 0 atom stereocenters. The van der Waals surface area contributed by atoms with Crippen molar-refractivity contribution in [1.82, 2.24) is 0 Å². The van der Waals surface area contributed by atoms with Crippen LogP contribution in [0.15, 0.2) is 24.3 Å². The number of esters is 1. The molecule has 0 fully saturated rings. The Hall–Kier alpha value is -1.84. The van der Waals surface area contributed by atoms with Crippen molar-refractivity contribution in [2.24, 2.45) is 0 Å². The Kier molecular flexibility index (Phi) is 6.64. The number of Topliss-reactive ketones (excluding diaryl/α,β-unsaturated/α-hetero) is 1. The molecule has 0 unspecified atom stereocenters. The lowest BCUT2D eigenvalue weighted by Gasteiger charge is -2.04. The summed E-state index contributed by atoms with van der Waals surface area (Å²) in [6.07, 6.45) is 2.18. The molecule has 0 amide bonds. The van der Waals surface area contributed by atoms with Crippen molar-refractivity contribution in [2.45, 2.75) is 32.6 Å². The van der Waals surface area contributed by atoms with Crippen LogP contribution in [0.1, 0.15) is 43.0 Å². The van der Waals surface area contributed by atoms with Gasteiger partial charge in [0, 0.05) is 18.4 Å². The van der Waals surface area contributed by atoms with Crippen molar-refractivity contribution >= 4 is 11.8 Å². The van der Waals surface area contributed by atoms with Gasteiger partial charge >= 0.3 is 5.97 Å². The van der Waals surface area contributed by atoms with Crippen molar-refractivity contribution in [3.8, 4) is 5.75 Å². The number of rotatable bonds is 8. The van der Waals surface area contributed by atoms with Gasteiger partial charge in [-0.1, -0.05) is 12.1 Å². The molecule has 0 aromatic heterocycles. The van der Waals surface area contributed by atoms with Gasteiger partial charge < -0.3 is 9.47 Å². The summed E-state index contributed by atoms with van der Waals surface area (Å²) in [7, 11) is 1.57. The first-order valence-corrected chi connectivity index (χ1v) is 6.50. The van der Waals surface area contributed by atoms with Gasteiger partial charge in [-0.2, -0.15) is 0 Å². The van der Waals surface area contributed by atoms with Crippen LogP contribution in [-0.4, -0.2) is 25.5 Å². The molecule has 0 aliphatic rings. The molecule has 0 radical (unpaired) electrons. The number of ketones is 1. The number of benzene rings is 1. The van der Waals surface area contributed by atoms with E-state index in [1.165, 1.54) is 0 Å². The molecule has 0 heterocycles. The largest absolute Gasteiger partial charge is 0.497 e. The first-order chi connectivity index (χ1) is 9.17. The summed E-state index contributed by atoms with van der Waals surface area (Å²) < 4.78 is 9.90. The molecular formula is C15H20O4. The Morgan fingerprint density at radius 1 is 1.16 bits per heavy atom. The molecule has 104 valence electrons. The Balaban J connectivity index is 2.33. The van der Waals surface area contributed by atoms with Gasteiger partial charge in [-0.3, -0.25) is 9.59 Å². The summed E-state index contributed by atoms with van der Waals surface area (Å²) in [6.45, 7) is 2.19. The van der Waals surface area contributed by atoms with E-state index in [1.807, 2.05) is 0 Å². The molecule has 0 saturated carbocycles. The van der Waals surface area contributed by atoms with Crippen molar-refractivity contribution in [3.63, 3.8) is 0 Å². The Morgan fingerprint density at radius 3 is 2.58 bits per heavy atom. The van der Waals surface area contributed by atoms with Gasteiger partial charge in [0.2, 0.25) is 0 Å². The smallest absolute Gasteiger partial charge is 0.305 e. The predicted octanol–water partition coefficient (Wildman–Crippen LogP) is 3.00. The Labute approximate surface area is 113 Å². The van der Waals surface area contributed by atoms with Crippen LogP contribution in [0.5, 0.6) is 5.75 Å². The number of hydrogen-bond donors (Lipinski definition) is 0. The molecule has 0 N–H and O–H groups in total. The molecule has 0 spiro atoms. The highest BCUT2D eigenvalue weighted by Gasteiger charge is 2.08. The second-order valence-corrected chi connectivity index (χ2v) is 4.17. The molecule has 0 aliphatic carbocycles. The lowest BCUT2D eigenvalue weighted by molar-refractivity contribution is -0.143. The van der Waals surface area contributed by atoms with Crippen LogP contribution in [0.2, 0.25) is 0 Å². The number of carbonyl (C=O) groups excluding carboxylic acids is 2. The zero-order valence-electron chi connectivity index (χ0n) is 11.5. The van der Waals surface area contributed by atoms with Gasteiger partial charge in [0.15, 0.2) is 5.78 Å². The van der Waals surface area contributed by atoms with E-state index in [2.05, 4.69) is 0 Å². The minimum atomic E-state index is -0.198. The molecule has 0 bridgehead atoms. The third-order valence-corrected chi connectivity index (χ3v) is 2.73. The summed E-state index contributed by atoms with van der Waals surface area (Å²) in [5, 5.41) is 0. The molecule has 4 heteroatoms. The van der Waals surface area contributed by atoms with Crippen molar-refractivity contribution in [3.05, 3.63) is 29.8 Å². The average Bonchev–Trinajstić information content (AvgIpc) is 2.43. The van der Waals surface area contributed by atoms with E-state index in [9.17, 15) is 9.59 Å². The molecule has 1 rings (SSSR count). The summed E-state index contributed by atoms with van der Waals surface area (Å²) in [4.78, 5) is 23.0. The zero-order chi connectivity index (χ0) is 14.1. The fourth-order valence-corrected chi connectivity index (χ4v) is 1.73. The highest BCUT2D eigenvalue weighted by Crippen LogP contribution is 2.15. The van der Waals surface area contributed by atoms with Crippen LogP contribution in [0.4, 0.5) is 0 Å². The predicted molar refractivity (Wildman–Crippen MR) is 72.4 cm³/mol. The van der Waals surface area contributed by atoms with Crippen LogP contribution in [0, 0.1) is 0 Å². The average molecular weight is 264 g/mol. The van der Waals surface area contributed by atoms with Crippen LogP contribution in [-0.2, 0) is 9.53 Å². The number of ether oxygens (including phenoxy) is 2. The summed E-state index contributed by atoms with van der Waals surface area (Å²) in [6, 6.07) is 7.10. The van der Waals surface area contributed by atoms with Gasteiger partial charge in [-0.15, -0.1) is 0 Å². The Morgan fingerprint density at radius 2 is 1.89 bits per heavy atom. The van der Waals surface area contributed by atoms with E-state index in [4.69, 9.17) is 9.47 Å². The van der Waals surface area contributed by atoms with Crippen LogP contribution in [0.3, 0.4) is 0 Å². The SMILES string of the molecule is CCOC(=O)CCCCC(=O)c1cccc(OC)c1. The van der Waals surface area contributed by atoms with Crippen LogP contribution >= 0.6 is 0 Å². The van der Waals surface area contributed by atoms with Gasteiger partial charge in [0.1, 0.15) is 5.75 Å². The van der Waals surface area contributed by atoms with E-state index in [0.717, 1.165) is 0 Å². The highest BCUT2D eigenvalue weighted by molar-refractivity contribution is 5.96. The van der Waals surface area contributed by atoms with E-state index in [-0.39, 0.29) is 11.8 Å². The molecule has 1 aromatic carbocycles. The first kappa shape index (κ1) is 15.2. The van der Waals surface area contributed by atoms with Gasteiger partial charge in [0.05, 0.1) is 13.7 Å². The maximum Gasteiger partial charge on any atom is 0.305 e. The normalized spacial score (nSPS) is 10.0.